The van der Waals surface area contributed by atoms with Crippen molar-refractivity contribution in [2.75, 3.05) is 56.8 Å². The number of unbranched alkanes of at least 4 members (excludes halogenated alkanes) is 2. The molecule has 11 heteroatoms. The van der Waals surface area contributed by atoms with Gasteiger partial charge in [0.2, 0.25) is 11.8 Å². The van der Waals surface area contributed by atoms with E-state index in [4.69, 9.17) is 15.2 Å². The number of amides is 3. The van der Waals surface area contributed by atoms with Crippen molar-refractivity contribution in [1.82, 2.24) is 9.80 Å². The summed E-state index contributed by atoms with van der Waals surface area (Å²) in [7, 11) is 4.02. The number of nitrogens with two attached hydrogens (primary N) is 1. The van der Waals surface area contributed by atoms with E-state index in [9.17, 15) is 19.5 Å². The highest BCUT2D eigenvalue weighted by Gasteiger charge is 2.30. The number of likely N-dealkylation sites (N-methyl/N-ethyl adjacent to an activating group) is 1. The van der Waals surface area contributed by atoms with Crippen LogP contribution in [0.15, 0.2) is 42.5 Å². The molecule has 3 amide bonds. The van der Waals surface area contributed by atoms with Gasteiger partial charge in [0, 0.05) is 44.1 Å². The standard InChI is InChI=1S/C36H55N5O6/c1-25-22-41(26(2)24-42)36(45)29-21-28(18-19-32(29)47-27(3)13-11-12-20-46-33(25)23-40(4)5)38-34(43)16-7-6-8-17-35(44)39-31-15-10-9-14-30(31)37/h9-10,14-15,18-19,21,25-27,33,42H,6-8,11-13,16-17,20,22-24,37H2,1-5H3,(H,38,43)(H,39,44)/t25-,26-,27-,33+/m1/s1. The molecule has 2 aromatic rings. The Morgan fingerprint density at radius 3 is 2.43 bits per heavy atom. The molecule has 2 aromatic carbocycles. The number of hydrogen-bond donors (Lipinski definition) is 4. The van der Waals surface area contributed by atoms with Gasteiger partial charge in [-0.15, -0.1) is 0 Å². The third-order valence-electron chi connectivity index (χ3n) is 8.42. The quantitative estimate of drug-likeness (QED) is 0.182. The normalized spacial score (nSPS) is 20.1. The topological polar surface area (TPSA) is 146 Å². The van der Waals surface area contributed by atoms with Gasteiger partial charge in [-0.3, -0.25) is 14.4 Å². The van der Waals surface area contributed by atoms with Crippen LogP contribution in [0.25, 0.3) is 0 Å². The highest BCUT2D eigenvalue weighted by Crippen LogP contribution is 2.29. The molecular formula is C36H55N5O6. The predicted molar refractivity (Wildman–Crippen MR) is 187 cm³/mol. The van der Waals surface area contributed by atoms with Gasteiger partial charge in [-0.05, 0) is 90.4 Å². The van der Waals surface area contributed by atoms with E-state index >= 15 is 0 Å². The van der Waals surface area contributed by atoms with E-state index in [2.05, 4.69) is 22.5 Å². The minimum atomic E-state index is -0.437. The fourth-order valence-electron chi connectivity index (χ4n) is 5.62. The fourth-order valence-corrected chi connectivity index (χ4v) is 5.62. The molecule has 0 aromatic heterocycles. The largest absolute Gasteiger partial charge is 0.490 e. The maximum atomic E-state index is 14.2. The Morgan fingerprint density at radius 1 is 1.04 bits per heavy atom. The average molecular weight is 654 g/mol. The maximum absolute atomic E-state index is 14.2. The summed E-state index contributed by atoms with van der Waals surface area (Å²) in [4.78, 5) is 43.1. The highest BCUT2D eigenvalue weighted by atomic mass is 16.5. The first-order chi connectivity index (χ1) is 22.5. The molecule has 3 rings (SSSR count). The van der Waals surface area contributed by atoms with E-state index in [1.807, 2.05) is 40.1 Å². The Morgan fingerprint density at radius 2 is 1.74 bits per heavy atom. The molecule has 0 bridgehead atoms. The number of nitrogen functional groups attached to an aromatic ring is 1. The van der Waals surface area contributed by atoms with E-state index < -0.39 is 6.04 Å². The summed E-state index contributed by atoms with van der Waals surface area (Å²) in [5.41, 5.74) is 7.85. The molecule has 260 valence electrons. The number of aliphatic hydroxyl groups is 1. The van der Waals surface area contributed by atoms with Gasteiger partial charge in [-0.2, -0.15) is 0 Å². The van der Waals surface area contributed by atoms with E-state index in [1.54, 1.807) is 35.2 Å². The number of carbonyl (C=O) groups is 3. The van der Waals surface area contributed by atoms with Crippen molar-refractivity contribution < 1.29 is 29.0 Å². The Hall–Kier alpha value is -3.67. The number of carbonyl (C=O) groups excluding carboxylic acids is 3. The molecule has 5 N–H and O–H groups in total. The zero-order valence-electron chi connectivity index (χ0n) is 28.8. The van der Waals surface area contributed by atoms with E-state index in [-0.39, 0.29) is 48.9 Å². The number of ether oxygens (including phenoxy) is 2. The second-order valence-electron chi connectivity index (χ2n) is 13.0. The fraction of sp³-hybridized carbons (Fsp3) is 0.583. The van der Waals surface area contributed by atoms with Crippen molar-refractivity contribution in [3.05, 3.63) is 48.0 Å². The second kappa shape index (κ2) is 19.2. The number of benzene rings is 2. The van der Waals surface area contributed by atoms with Crippen molar-refractivity contribution in [3.63, 3.8) is 0 Å². The lowest BCUT2D eigenvalue weighted by Gasteiger charge is -2.35. The lowest BCUT2D eigenvalue weighted by Crippen LogP contribution is -2.47. The summed E-state index contributed by atoms with van der Waals surface area (Å²) in [5, 5.41) is 15.9. The monoisotopic (exact) mass is 653 g/mol. The summed E-state index contributed by atoms with van der Waals surface area (Å²) >= 11 is 0. The first kappa shape index (κ1) is 37.8. The number of fused-ring (bicyclic) bond motifs is 1. The van der Waals surface area contributed by atoms with Crippen molar-refractivity contribution in [1.29, 1.82) is 0 Å². The van der Waals surface area contributed by atoms with Crippen LogP contribution in [0.5, 0.6) is 5.75 Å². The molecule has 1 aliphatic heterocycles. The Balaban J connectivity index is 1.68. The van der Waals surface area contributed by atoms with E-state index in [0.717, 1.165) is 25.8 Å². The third-order valence-corrected chi connectivity index (χ3v) is 8.42. The molecule has 0 unspecified atom stereocenters. The van der Waals surface area contributed by atoms with Crippen LogP contribution in [0.1, 0.15) is 82.5 Å². The van der Waals surface area contributed by atoms with Crippen LogP contribution in [0.4, 0.5) is 17.1 Å². The number of hydrogen-bond acceptors (Lipinski definition) is 8. The van der Waals surface area contributed by atoms with Gasteiger partial charge in [-0.25, -0.2) is 0 Å². The molecular weight excluding hydrogens is 598 g/mol. The van der Waals surface area contributed by atoms with E-state index in [1.165, 1.54) is 0 Å². The Labute approximate surface area is 280 Å². The van der Waals surface area contributed by atoms with Crippen molar-refractivity contribution in [3.8, 4) is 5.75 Å². The minimum Gasteiger partial charge on any atom is -0.490 e. The molecule has 11 nitrogen and oxygen atoms in total. The summed E-state index contributed by atoms with van der Waals surface area (Å²) in [6, 6.07) is 11.9. The van der Waals surface area contributed by atoms with Crippen LogP contribution in [0.2, 0.25) is 0 Å². The lowest BCUT2D eigenvalue weighted by atomic mass is 10.0. The van der Waals surface area contributed by atoms with Gasteiger partial charge < -0.3 is 40.7 Å². The average Bonchev–Trinajstić information content (AvgIpc) is 3.03. The molecule has 0 saturated carbocycles. The molecule has 0 fully saturated rings. The van der Waals surface area contributed by atoms with Gasteiger partial charge in [0.1, 0.15) is 5.75 Å². The number of rotatable bonds is 12. The van der Waals surface area contributed by atoms with Gasteiger partial charge in [0.05, 0.1) is 41.8 Å². The zero-order chi connectivity index (χ0) is 34.3. The Bertz CT molecular complexity index is 1300. The summed E-state index contributed by atoms with van der Waals surface area (Å²) in [6.07, 6.45) is 5.04. The number of para-hydroxylation sites is 2. The predicted octanol–water partition coefficient (Wildman–Crippen LogP) is 5.15. The maximum Gasteiger partial charge on any atom is 0.258 e. The van der Waals surface area contributed by atoms with Crippen LogP contribution in [0.3, 0.4) is 0 Å². The van der Waals surface area contributed by atoms with Crippen molar-refractivity contribution in [2.45, 2.75) is 90.4 Å². The zero-order valence-corrected chi connectivity index (χ0v) is 28.8. The first-order valence-corrected chi connectivity index (χ1v) is 16.9. The Kier molecular flexibility index (Phi) is 15.5. The summed E-state index contributed by atoms with van der Waals surface area (Å²) < 4.78 is 12.6. The molecule has 0 spiro atoms. The minimum absolute atomic E-state index is 0.00650. The van der Waals surface area contributed by atoms with Gasteiger partial charge in [0.15, 0.2) is 0 Å². The van der Waals surface area contributed by atoms with Gasteiger partial charge in [-0.1, -0.05) is 25.5 Å². The number of nitrogens with one attached hydrogen (secondary N) is 2. The van der Waals surface area contributed by atoms with Crippen LogP contribution in [0, 0.1) is 5.92 Å². The number of aliphatic hydroxyl groups excluding tert-OH is 1. The molecule has 4 atom stereocenters. The summed E-state index contributed by atoms with van der Waals surface area (Å²) in [6.45, 7) is 7.45. The SMILES string of the molecule is C[C@@H]1CCCCO[C@@H](CN(C)C)[C@H](C)CN([C@H](C)CO)C(=O)c2cc(NC(=O)CCCCCC(=O)Nc3ccccc3N)ccc2O1. The van der Waals surface area contributed by atoms with Gasteiger partial charge >= 0.3 is 0 Å². The van der Waals surface area contributed by atoms with Crippen LogP contribution < -0.4 is 21.1 Å². The molecule has 0 aliphatic carbocycles. The van der Waals surface area contributed by atoms with E-state index in [0.29, 0.717) is 67.2 Å². The van der Waals surface area contributed by atoms with Crippen molar-refractivity contribution in [2.24, 2.45) is 5.92 Å². The molecule has 0 saturated heterocycles. The molecule has 1 heterocycles. The van der Waals surface area contributed by atoms with Crippen LogP contribution in [-0.4, -0.2) is 91.3 Å². The molecule has 0 radical (unpaired) electrons. The molecule has 47 heavy (non-hydrogen) atoms. The number of anilines is 3. The second-order valence-corrected chi connectivity index (χ2v) is 13.0. The smallest absolute Gasteiger partial charge is 0.258 e. The number of nitrogens with zero attached hydrogens (tertiary/aromatic N) is 2. The lowest BCUT2D eigenvalue weighted by molar-refractivity contribution is -0.116. The van der Waals surface area contributed by atoms with Crippen LogP contribution in [-0.2, 0) is 14.3 Å². The first-order valence-electron chi connectivity index (χ1n) is 16.9. The van der Waals surface area contributed by atoms with Crippen molar-refractivity contribution >= 4 is 34.8 Å². The van der Waals surface area contributed by atoms with Crippen LogP contribution >= 0.6 is 0 Å². The third kappa shape index (κ3) is 12.5. The van der Waals surface area contributed by atoms with Gasteiger partial charge in [0.25, 0.3) is 5.91 Å². The summed E-state index contributed by atoms with van der Waals surface area (Å²) in [5.74, 6) is -0.0955. The highest BCUT2D eigenvalue weighted by molar-refractivity contribution is 6.00. The molecule has 1 aliphatic rings.